The van der Waals surface area contributed by atoms with E-state index in [9.17, 15) is 0 Å². The molecule has 2 atom stereocenters. The first-order valence-corrected chi connectivity index (χ1v) is 5.89. The molecule has 0 bridgehead atoms. The SMILES string of the molecule is CCCC(C)CC(C)N(CC)CC. The second-order valence-corrected chi connectivity index (χ2v) is 4.20. The minimum atomic E-state index is 0.761. The highest BCUT2D eigenvalue weighted by atomic mass is 15.1. The van der Waals surface area contributed by atoms with Gasteiger partial charge in [-0.1, -0.05) is 40.5 Å². The van der Waals surface area contributed by atoms with Crippen LogP contribution in [0.2, 0.25) is 0 Å². The maximum absolute atomic E-state index is 2.55. The van der Waals surface area contributed by atoms with Crippen molar-refractivity contribution in [2.24, 2.45) is 5.92 Å². The van der Waals surface area contributed by atoms with E-state index in [1.165, 1.54) is 32.4 Å². The Bertz CT molecular complexity index is 108. The van der Waals surface area contributed by atoms with E-state index in [0.717, 1.165) is 12.0 Å². The molecule has 0 aliphatic rings. The molecule has 0 aliphatic carbocycles. The maximum atomic E-state index is 2.55. The van der Waals surface area contributed by atoms with Crippen molar-refractivity contribution in [1.29, 1.82) is 0 Å². The third-order valence-electron chi connectivity index (χ3n) is 2.96. The van der Waals surface area contributed by atoms with Crippen molar-refractivity contribution in [2.75, 3.05) is 13.1 Å². The summed E-state index contributed by atoms with van der Waals surface area (Å²) in [6, 6.07) is 0.761. The Morgan fingerprint density at radius 3 is 1.92 bits per heavy atom. The van der Waals surface area contributed by atoms with E-state index in [2.05, 4.69) is 39.5 Å². The lowest BCUT2D eigenvalue weighted by atomic mass is 9.97. The van der Waals surface area contributed by atoms with Gasteiger partial charge in [0.25, 0.3) is 0 Å². The van der Waals surface area contributed by atoms with E-state index < -0.39 is 0 Å². The molecule has 0 rings (SSSR count). The van der Waals surface area contributed by atoms with Gasteiger partial charge < -0.3 is 4.90 Å². The van der Waals surface area contributed by atoms with Gasteiger partial charge in [-0.2, -0.15) is 0 Å². The summed E-state index contributed by atoms with van der Waals surface area (Å²) in [6.45, 7) is 13.9. The Kier molecular flexibility index (Phi) is 7.35. The van der Waals surface area contributed by atoms with E-state index in [4.69, 9.17) is 0 Å². The molecule has 1 nitrogen and oxygen atoms in total. The molecular formula is C12H27N. The largest absolute Gasteiger partial charge is 0.301 e. The first-order chi connectivity index (χ1) is 6.15. The summed E-state index contributed by atoms with van der Waals surface area (Å²) in [5, 5.41) is 0. The molecule has 0 aromatic carbocycles. The third-order valence-corrected chi connectivity index (χ3v) is 2.96. The average Bonchev–Trinajstić information content (AvgIpc) is 2.06. The van der Waals surface area contributed by atoms with Crippen LogP contribution in [-0.2, 0) is 0 Å². The van der Waals surface area contributed by atoms with Crippen molar-refractivity contribution in [1.82, 2.24) is 4.90 Å². The highest BCUT2D eigenvalue weighted by Gasteiger charge is 2.12. The fraction of sp³-hybridized carbons (Fsp3) is 1.00. The zero-order chi connectivity index (χ0) is 10.3. The summed E-state index contributed by atoms with van der Waals surface area (Å²) in [6.07, 6.45) is 4.06. The van der Waals surface area contributed by atoms with Crippen LogP contribution < -0.4 is 0 Å². The number of hydrogen-bond acceptors (Lipinski definition) is 1. The van der Waals surface area contributed by atoms with Crippen molar-refractivity contribution in [3.05, 3.63) is 0 Å². The molecule has 0 aliphatic heterocycles. The molecule has 0 spiro atoms. The Morgan fingerprint density at radius 1 is 1.00 bits per heavy atom. The second-order valence-electron chi connectivity index (χ2n) is 4.20. The van der Waals surface area contributed by atoms with Gasteiger partial charge in [-0.05, 0) is 32.4 Å². The number of rotatable bonds is 7. The third kappa shape index (κ3) is 5.30. The monoisotopic (exact) mass is 185 g/mol. The van der Waals surface area contributed by atoms with Crippen LogP contribution in [0.5, 0.6) is 0 Å². The Labute approximate surface area is 84.5 Å². The summed E-state index contributed by atoms with van der Waals surface area (Å²) in [5.41, 5.74) is 0. The molecule has 0 N–H and O–H groups in total. The van der Waals surface area contributed by atoms with E-state index in [-0.39, 0.29) is 0 Å². The maximum Gasteiger partial charge on any atom is 0.00692 e. The molecule has 13 heavy (non-hydrogen) atoms. The molecule has 0 amide bonds. The molecule has 80 valence electrons. The van der Waals surface area contributed by atoms with Crippen LogP contribution in [0.15, 0.2) is 0 Å². The van der Waals surface area contributed by atoms with Gasteiger partial charge in [-0.15, -0.1) is 0 Å². The second kappa shape index (κ2) is 7.37. The molecule has 0 aromatic rings. The molecule has 0 radical (unpaired) electrons. The lowest BCUT2D eigenvalue weighted by molar-refractivity contribution is 0.199. The lowest BCUT2D eigenvalue weighted by Gasteiger charge is -2.28. The standard InChI is InChI=1S/C12H27N/c1-6-9-11(4)10-12(5)13(7-2)8-3/h11-12H,6-10H2,1-5H3. The van der Waals surface area contributed by atoms with Gasteiger partial charge in [0, 0.05) is 6.04 Å². The topological polar surface area (TPSA) is 3.24 Å². The van der Waals surface area contributed by atoms with Gasteiger partial charge in [0.05, 0.1) is 0 Å². The van der Waals surface area contributed by atoms with Crippen LogP contribution >= 0.6 is 0 Å². The zero-order valence-electron chi connectivity index (χ0n) is 10.1. The first-order valence-electron chi connectivity index (χ1n) is 5.89. The van der Waals surface area contributed by atoms with Crippen molar-refractivity contribution < 1.29 is 0 Å². The van der Waals surface area contributed by atoms with Crippen LogP contribution in [0.4, 0.5) is 0 Å². The zero-order valence-corrected chi connectivity index (χ0v) is 10.1. The summed E-state index contributed by atoms with van der Waals surface area (Å²) in [5.74, 6) is 0.889. The van der Waals surface area contributed by atoms with E-state index >= 15 is 0 Å². The highest BCUT2D eigenvalue weighted by molar-refractivity contribution is 4.67. The van der Waals surface area contributed by atoms with E-state index in [0.29, 0.717) is 0 Å². The first kappa shape index (κ1) is 13.0. The summed E-state index contributed by atoms with van der Waals surface area (Å²) in [7, 11) is 0. The van der Waals surface area contributed by atoms with Gasteiger partial charge in [-0.3, -0.25) is 0 Å². The van der Waals surface area contributed by atoms with Crippen molar-refractivity contribution >= 4 is 0 Å². The van der Waals surface area contributed by atoms with Gasteiger partial charge in [0.2, 0.25) is 0 Å². The van der Waals surface area contributed by atoms with Gasteiger partial charge in [-0.25, -0.2) is 0 Å². The van der Waals surface area contributed by atoms with E-state index in [1.54, 1.807) is 0 Å². The Morgan fingerprint density at radius 2 is 1.54 bits per heavy atom. The molecule has 0 heterocycles. The lowest BCUT2D eigenvalue weighted by Crippen LogP contribution is -2.33. The average molecular weight is 185 g/mol. The normalized spacial score (nSPS) is 16.2. The van der Waals surface area contributed by atoms with Crippen LogP contribution in [0.25, 0.3) is 0 Å². The van der Waals surface area contributed by atoms with Crippen molar-refractivity contribution in [3.8, 4) is 0 Å². The number of hydrogen-bond donors (Lipinski definition) is 0. The van der Waals surface area contributed by atoms with E-state index in [1.807, 2.05) is 0 Å². The summed E-state index contributed by atoms with van der Waals surface area (Å²) < 4.78 is 0. The van der Waals surface area contributed by atoms with Crippen molar-refractivity contribution in [3.63, 3.8) is 0 Å². The summed E-state index contributed by atoms with van der Waals surface area (Å²) >= 11 is 0. The highest BCUT2D eigenvalue weighted by Crippen LogP contribution is 2.15. The van der Waals surface area contributed by atoms with Gasteiger partial charge in [0.15, 0.2) is 0 Å². The molecule has 1 heteroatoms. The molecule has 0 saturated carbocycles. The molecule has 0 fully saturated rings. The molecule has 0 aromatic heterocycles. The van der Waals surface area contributed by atoms with Gasteiger partial charge >= 0.3 is 0 Å². The minimum Gasteiger partial charge on any atom is -0.301 e. The molecule has 2 unspecified atom stereocenters. The fourth-order valence-electron chi connectivity index (χ4n) is 2.19. The van der Waals surface area contributed by atoms with Gasteiger partial charge in [0.1, 0.15) is 0 Å². The smallest absolute Gasteiger partial charge is 0.00692 e. The fourth-order valence-corrected chi connectivity index (χ4v) is 2.19. The molecular weight excluding hydrogens is 158 g/mol. The quantitative estimate of drug-likeness (QED) is 0.586. The summed E-state index contributed by atoms with van der Waals surface area (Å²) in [4.78, 5) is 2.55. The van der Waals surface area contributed by atoms with Crippen LogP contribution in [0, 0.1) is 5.92 Å². The minimum absolute atomic E-state index is 0.761. The predicted molar refractivity (Wildman–Crippen MR) is 61.1 cm³/mol. The molecule has 0 saturated heterocycles. The Hall–Kier alpha value is -0.0400. The Balaban J connectivity index is 3.75. The predicted octanol–water partition coefficient (Wildman–Crippen LogP) is 3.54. The van der Waals surface area contributed by atoms with Crippen LogP contribution in [0.1, 0.15) is 53.9 Å². The van der Waals surface area contributed by atoms with Crippen molar-refractivity contribution in [2.45, 2.75) is 59.9 Å². The van der Waals surface area contributed by atoms with Crippen LogP contribution in [-0.4, -0.2) is 24.0 Å². The number of nitrogens with zero attached hydrogens (tertiary/aromatic N) is 1. The van der Waals surface area contributed by atoms with Crippen LogP contribution in [0.3, 0.4) is 0 Å².